The maximum atomic E-state index is 13.1. The predicted octanol–water partition coefficient (Wildman–Crippen LogP) is 2.80. The van der Waals surface area contributed by atoms with E-state index in [9.17, 15) is 14.0 Å². The van der Waals surface area contributed by atoms with Gasteiger partial charge in [-0.05, 0) is 53.5 Å². The number of rotatable bonds is 3. The van der Waals surface area contributed by atoms with Gasteiger partial charge in [0.2, 0.25) is 5.91 Å². The minimum atomic E-state index is -0.456. The van der Waals surface area contributed by atoms with Gasteiger partial charge >= 0.3 is 0 Å². The summed E-state index contributed by atoms with van der Waals surface area (Å²) in [6.07, 6.45) is 0.0164. The second-order valence-corrected chi connectivity index (χ2v) is 5.61. The van der Waals surface area contributed by atoms with Gasteiger partial charge < -0.3 is 4.42 Å². The van der Waals surface area contributed by atoms with Gasteiger partial charge in [0.1, 0.15) is 17.3 Å². The summed E-state index contributed by atoms with van der Waals surface area (Å²) in [4.78, 5) is 23.7. The number of benzene rings is 1. The number of furan rings is 1. The molecule has 2 aromatic rings. The molecule has 0 saturated heterocycles. The molecule has 1 aromatic heterocycles. The molecule has 116 valence electrons. The maximum Gasteiger partial charge on any atom is 0.273 e. The lowest BCUT2D eigenvalue weighted by atomic mass is 10.1. The van der Waals surface area contributed by atoms with Crippen molar-refractivity contribution in [1.82, 2.24) is 10.9 Å². The molecular weight excluding hydrogens is 355 g/mol. The van der Waals surface area contributed by atoms with E-state index < -0.39 is 17.6 Å². The van der Waals surface area contributed by atoms with Crippen LogP contribution in [-0.2, 0) is 11.2 Å². The summed E-state index contributed by atoms with van der Waals surface area (Å²) in [6, 6.07) is 5.88. The first-order chi connectivity index (χ1) is 10.4. The van der Waals surface area contributed by atoms with Crippen LogP contribution in [0.25, 0.3) is 0 Å². The zero-order chi connectivity index (χ0) is 16.3. The summed E-state index contributed by atoms with van der Waals surface area (Å²) >= 11 is 3.05. The van der Waals surface area contributed by atoms with Crippen LogP contribution in [0.2, 0.25) is 0 Å². The Bertz CT molecular complexity index is 728. The van der Waals surface area contributed by atoms with Gasteiger partial charge in [-0.2, -0.15) is 0 Å². The fourth-order valence-electron chi connectivity index (χ4n) is 1.93. The van der Waals surface area contributed by atoms with E-state index in [2.05, 4.69) is 26.8 Å². The van der Waals surface area contributed by atoms with E-state index in [4.69, 9.17) is 4.42 Å². The van der Waals surface area contributed by atoms with E-state index in [0.29, 0.717) is 22.6 Å². The molecule has 0 saturated carbocycles. The molecule has 0 aliphatic carbocycles. The van der Waals surface area contributed by atoms with Gasteiger partial charge in [0, 0.05) is 0 Å². The number of hydrogen-bond acceptors (Lipinski definition) is 3. The van der Waals surface area contributed by atoms with E-state index in [1.165, 1.54) is 18.2 Å². The summed E-state index contributed by atoms with van der Waals surface area (Å²) in [5, 5.41) is 0. The molecular formula is C15H14BrFN2O3. The highest BCUT2D eigenvalue weighted by molar-refractivity contribution is 9.10. The third kappa shape index (κ3) is 3.94. The second-order valence-electron chi connectivity index (χ2n) is 4.75. The van der Waals surface area contributed by atoms with Crippen molar-refractivity contribution in [3.8, 4) is 0 Å². The summed E-state index contributed by atoms with van der Waals surface area (Å²) in [5.74, 6) is -0.173. The number of halogens is 2. The zero-order valence-electron chi connectivity index (χ0n) is 12.0. The van der Waals surface area contributed by atoms with Crippen LogP contribution >= 0.6 is 15.9 Å². The molecule has 2 N–H and O–H groups in total. The molecule has 0 bridgehead atoms. The van der Waals surface area contributed by atoms with Crippen molar-refractivity contribution < 1.29 is 18.4 Å². The van der Waals surface area contributed by atoms with Crippen molar-refractivity contribution in [1.29, 1.82) is 0 Å². The molecule has 2 amide bonds. The predicted molar refractivity (Wildman–Crippen MR) is 81.6 cm³/mol. The second kappa shape index (κ2) is 6.74. The van der Waals surface area contributed by atoms with E-state index in [1.807, 2.05) is 0 Å². The molecule has 22 heavy (non-hydrogen) atoms. The molecule has 5 nitrogen and oxygen atoms in total. The lowest BCUT2D eigenvalue weighted by molar-refractivity contribution is -0.121. The smallest absolute Gasteiger partial charge is 0.273 e. The van der Waals surface area contributed by atoms with Crippen molar-refractivity contribution >= 4 is 27.7 Å². The standard InChI is InChI=1S/C15H14BrFN2O3/c1-8-5-11(9(2)22-8)15(21)19-18-14(20)7-10-3-4-13(17)12(16)6-10/h3-6H,7H2,1-2H3,(H,18,20)(H,19,21). The summed E-state index contributed by atoms with van der Waals surface area (Å²) in [7, 11) is 0. The minimum absolute atomic E-state index is 0.0164. The van der Waals surface area contributed by atoms with E-state index in [0.717, 1.165) is 0 Å². The number of carbonyl (C=O) groups is 2. The Morgan fingerprint density at radius 3 is 2.55 bits per heavy atom. The highest BCUT2D eigenvalue weighted by Crippen LogP contribution is 2.17. The van der Waals surface area contributed by atoms with Gasteiger partial charge in [0.05, 0.1) is 16.5 Å². The summed E-state index contributed by atoms with van der Waals surface area (Å²) in [6.45, 7) is 3.40. The van der Waals surface area contributed by atoms with Crippen molar-refractivity contribution in [2.24, 2.45) is 0 Å². The van der Waals surface area contributed by atoms with Crippen LogP contribution in [0.1, 0.15) is 27.4 Å². The van der Waals surface area contributed by atoms with Crippen LogP contribution in [0.15, 0.2) is 33.2 Å². The van der Waals surface area contributed by atoms with Crippen LogP contribution in [0, 0.1) is 19.7 Å². The van der Waals surface area contributed by atoms with E-state index in [1.54, 1.807) is 19.9 Å². The molecule has 1 aromatic carbocycles. The number of hydrazine groups is 1. The average Bonchev–Trinajstić information content (AvgIpc) is 2.79. The Labute approximate surface area is 135 Å². The zero-order valence-corrected chi connectivity index (χ0v) is 13.6. The van der Waals surface area contributed by atoms with Crippen molar-refractivity contribution in [2.45, 2.75) is 20.3 Å². The molecule has 1 heterocycles. The van der Waals surface area contributed by atoms with Crippen LogP contribution < -0.4 is 10.9 Å². The van der Waals surface area contributed by atoms with Crippen LogP contribution in [0.4, 0.5) is 4.39 Å². The van der Waals surface area contributed by atoms with Crippen LogP contribution in [0.5, 0.6) is 0 Å². The first-order valence-electron chi connectivity index (χ1n) is 6.47. The molecule has 7 heteroatoms. The number of aryl methyl sites for hydroxylation is 2. The maximum absolute atomic E-state index is 13.1. The quantitative estimate of drug-likeness (QED) is 0.818. The molecule has 0 aliphatic heterocycles. The first kappa shape index (κ1) is 16.2. The Morgan fingerprint density at radius 1 is 1.23 bits per heavy atom. The third-order valence-corrected chi connectivity index (χ3v) is 3.56. The van der Waals surface area contributed by atoms with Gasteiger partial charge in [-0.15, -0.1) is 0 Å². The summed E-state index contributed by atoms with van der Waals surface area (Å²) in [5.41, 5.74) is 5.61. The fourth-order valence-corrected chi connectivity index (χ4v) is 2.36. The number of hydrogen-bond donors (Lipinski definition) is 2. The van der Waals surface area contributed by atoms with Crippen molar-refractivity contribution in [3.05, 3.63) is 57.2 Å². The van der Waals surface area contributed by atoms with Gasteiger partial charge in [-0.25, -0.2) is 4.39 Å². The van der Waals surface area contributed by atoms with E-state index >= 15 is 0 Å². The number of nitrogens with one attached hydrogen (secondary N) is 2. The summed E-state index contributed by atoms with van der Waals surface area (Å²) < 4.78 is 18.6. The van der Waals surface area contributed by atoms with Crippen molar-refractivity contribution in [3.63, 3.8) is 0 Å². The third-order valence-electron chi connectivity index (χ3n) is 2.95. The Hall–Kier alpha value is -2.15. The van der Waals surface area contributed by atoms with Gasteiger partial charge in [0.25, 0.3) is 5.91 Å². The topological polar surface area (TPSA) is 71.3 Å². The molecule has 0 aliphatic rings. The van der Waals surface area contributed by atoms with Crippen LogP contribution in [0.3, 0.4) is 0 Å². The Morgan fingerprint density at radius 2 is 1.95 bits per heavy atom. The fraction of sp³-hybridized carbons (Fsp3) is 0.200. The first-order valence-corrected chi connectivity index (χ1v) is 7.26. The van der Waals surface area contributed by atoms with E-state index in [-0.39, 0.29) is 10.9 Å². The lowest BCUT2D eigenvalue weighted by Gasteiger charge is -2.07. The van der Waals surface area contributed by atoms with Gasteiger partial charge in [0.15, 0.2) is 0 Å². The highest BCUT2D eigenvalue weighted by atomic mass is 79.9. The SMILES string of the molecule is Cc1cc(C(=O)NNC(=O)Cc2ccc(F)c(Br)c2)c(C)o1. The molecule has 0 radical (unpaired) electrons. The average molecular weight is 369 g/mol. The van der Waals surface area contributed by atoms with Gasteiger partial charge in [-0.1, -0.05) is 6.07 Å². The lowest BCUT2D eigenvalue weighted by Crippen LogP contribution is -2.42. The van der Waals surface area contributed by atoms with Crippen LogP contribution in [-0.4, -0.2) is 11.8 Å². The highest BCUT2D eigenvalue weighted by Gasteiger charge is 2.14. The molecule has 2 rings (SSSR count). The molecule has 0 unspecified atom stereocenters. The monoisotopic (exact) mass is 368 g/mol. The normalized spacial score (nSPS) is 10.4. The molecule has 0 atom stereocenters. The number of amides is 2. The molecule has 0 spiro atoms. The van der Waals surface area contributed by atoms with Crippen molar-refractivity contribution in [2.75, 3.05) is 0 Å². The minimum Gasteiger partial charge on any atom is -0.466 e. The number of carbonyl (C=O) groups excluding carboxylic acids is 2. The largest absolute Gasteiger partial charge is 0.466 e. The Kier molecular flexibility index (Phi) is 4.97. The van der Waals surface area contributed by atoms with Gasteiger partial charge in [-0.3, -0.25) is 20.4 Å². The Balaban J connectivity index is 1.91. The molecule has 0 fully saturated rings.